The van der Waals surface area contributed by atoms with Crippen LogP contribution in [0.5, 0.6) is 0 Å². The number of halogens is 1. The van der Waals surface area contributed by atoms with Crippen LogP contribution in [0.4, 0.5) is 19.8 Å². The molecule has 3 heterocycles. The number of hydrogen-bond acceptors (Lipinski definition) is 4. The summed E-state index contributed by atoms with van der Waals surface area (Å²) in [6.45, 7) is 0.395. The highest BCUT2D eigenvalue weighted by Gasteiger charge is 2.33. The Labute approximate surface area is 159 Å². The number of urea groups is 1. The number of nitrogens with zero attached hydrogens (tertiary/aromatic N) is 4. The summed E-state index contributed by atoms with van der Waals surface area (Å²) in [4.78, 5) is 37.1. The predicted octanol–water partition coefficient (Wildman–Crippen LogP) is 1.83. The van der Waals surface area contributed by atoms with Gasteiger partial charge in [0.1, 0.15) is 6.17 Å². The summed E-state index contributed by atoms with van der Waals surface area (Å²) < 4.78 is 16.2. The van der Waals surface area contributed by atoms with E-state index in [1.807, 2.05) is 6.07 Å². The van der Waals surface area contributed by atoms with Gasteiger partial charge in [0, 0.05) is 37.9 Å². The fourth-order valence-corrected chi connectivity index (χ4v) is 3.91. The first-order chi connectivity index (χ1) is 13.3. The Kier molecular flexibility index (Phi) is 4.40. The summed E-state index contributed by atoms with van der Waals surface area (Å²) in [5.41, 5.74) is 1.52. The molecule has 0 radical (unpaired) electrons. The fourth-order valence-electron chi connectivity index (χ4n) is 3.91. The van der Waals surface area contributed by atoms with Crippen molar-refractivity contribution in [1.82, 2.24) is 20.0 Å². The highest BCUT2D eigenvalue weighted by atomic mass is 19.1. The highest BCUT2D eigenvalue weighted by molar-refractivity contribution is 6.08. The standard InChI is InChI=1S/C18H20FN5O4/c1-22-14-8-10(11-4-6-23(18(27)28)9-13(11)19)2-3-12(14)16(21-22)24-7-5-15(25)20-17(24)26/h2-3,8,11,13H,4-7,9H2,1H3,(H,27,28)(H,20,25,26). The number of fused-ring (bicyclic) bond motifs is 1. The van der Waals surface area contributed by atoms with Crippen LogP contribution < -0.4 is 10.2 Å². The number of rotatable bonds is 2. The van der Waals surface area contributed by atoms with Crippen molar-refractivity contribution in [1.29, 1.82) is 0 Å². The number of amides is 4. The van der Waals surface area contributed by atoms with E-state index < -0.39 is 24.2 Å². The number of benzene rings is 1. The lowest BCUT2D eigenvalue weighted by Gasteiger charge is -2.33. The SMILES string of the molecule is Cn1nc(N2CCC(=O)NC2=O)c2ccc(C3CCN(C(=O)O)CC3F)cc21. The third kappa shape index (κ3) is 3.04. The smallest absolute Gasteiger partial charge is 0.407 e. The molecule has 10 heteroatoms. The van der Waals surface area contributed by atoms with Crippen molar-refractivity contribution in [3.63, 3.8) is 0 Å². The van der Waals surface area contributed by atoms with Gasteiger partial charge in [0.2, 0.25) is 5.91 Å². The molecule has 28 heavy (non-hydrogen) atoms. The molecule has 2 saturated heterocycles. The predicted molar refractivity (Wildman–Crippen MR) is 98.1 cm³/mol. The number of anilines is 1. The first kappa shape index (κ1) is 18.2. The average Bonchev–Trinajstić information content (AvgIpc) is 2.97. The minimum Gasteiger partial charge on any atom is -0.465 e. The van der Waals surface area contributed by atoms with Crippen molar-refractivity contribution < 1.29 is 23.9 Å². The lowest BCUT2D eigenvalue weighted by molar-refractivity contribution is -0.120. The third-order valence-corrected chi connectivity index (χ3v) is 5.41. The molecule has 2 atom stereocenters. The molecule has 0 saturated carbocycles. The second-order valence-electron chi connectivity index (χ2n) is 7.12. The largest absolute Gasteiger partial charge is 0.465 e. The van der Waals surface area contributed by atoms with Crippen LogP contribution in [0.1, 0.15) is 24.3 Å². The molecular weight excluding hydrogens is 369 g/mol. The van der Waals surface area contributed by atoms with Gasteiger partial charge >= 0.3 is 12.1 Å². The molecule has 1 aromatic heterocycles. The normalized spacial score (nSPS) is 23.2. The molecule has 4 rings (SSSR count). The molecule has 4 amide bonds. The first-order valence-electron chi connectivity index (χ1n) is 9.05. The van der Waals surface area contributed by atoms with Crippen LogP contribution >= 0.6 is 0 Å². The van der Waals surface area contributed by atoms with E-state index in [0.717, 1.165) is 21.4 Å². The Hall–Kier alpha value is -3.17. The molecule has 2 aliphatic rings. The number of carboxylic acid groups (broad SMARTS) is 1. The zero-order chi connectivity index (χ0) is 20.0. The monoisotopic (exact) mass is 389 g/mol. The van der Waals surface area contributed by atoms with E-state index in [4.69, 9.17) is 5.11 Å². The van der Waals surface area contributed by atoms with Gasteiger partial charge in [0.05, 0.1) is 12.1 Å². The number of alkyl halides is 1. The Bertz CT molecular complexity index is 974. The van der Waals surface area contributed by atoms with Gasteiger partial charge in [0.25, 0.3) is 0 Å². The fraction of sp³-hybridized carbons (Fsp3) is 0.444. The van der Waals surface area contributed by atoms with Gasteiger partial charge in [-0.25, -0.2) is 14.0 Å². The van der Waals surface area contributed by atoms with Crippen LogP contribution in [0.3, 0.4) is 0 Å². The summed E-state index contributed by atoms with van der Waals surface area (Å²) in [6.07, 6.45) is -1.78. The Balaban J connectivity index is 1.64. The van der Waals surface area contributed by atoms with Crippen molar-refractivity contribution >= 4 is 34.8 Å². The summed E-state index contributed by atoms with van der Waals surface area (Å²) >= 11 is 0. The van der Waals surface area contributed by atoms with Crippen LogP contribution in [0.15, 0.2) is 18.2 Å². The number of imide groups is 1. The van der Waals surface area contributed by atoms with E-state index in [2.05, 4.69) is 10.4 Å². The number of carbonyl (C=O) groups excluding carboxylic acids is 2. The van der Waals surface area contributed by atoms with E-state index in [9.17, 15) is 18.8 Å². The molecule has 2 aliphatic heterocycles. The Morgan fingerprint density at radius 2 is 2.11 bits per heavy atom. The molecular formula is C18H20FN5O4. The molecule has 148 valence electrons. The maximum Gasteiger partial charge on any atom is 0.407 e. The van der Waals surface area contributed by atoms with Gasteiger partial charge in [-0.05, 0) is 24.1 Å². The lowest BCUT2D eigenvalue weighted by atomic mass is 9.87. The van der Waals surface area contributed by atoms with Crippen molar-refractivity contribution in [3.8, 4) is 0 Å². The second kappa shape index (κ2) is 6.77. The van der Waals surface area contributed by atoms with Crippen LogP contribution in [-0.4, -0.2) is 63.6 Å². The maximum absolute atomic E-state index is 14.6. The number of aryl methyl sites for hydroxylation is 1. The quantitative estimate of drug-likeness (QED) is 0.815. The van der Waals surface area contributed by atoms with Crippen molar-refractivity contribution in [3.05, 3.63) is 23.8 Å². The van der Waals surface area contributed by atoms with Crippen LogP contribution in [0, 0.1) is 0 Å². The molecule has 0 spiro atoms. The van der Waals surface area contributed by atoms with Crippen LogP contribution in [-0.2, 0) is 11.8 Å². The molecule has 2 aromatic rings. The highest BCUT2D eigenvalue weighted by Crippen LogP contribution is 2.34. The summed E-state index contributed by atoms with van der Waals surface area (Å²) in [5.74, 6) is -0.258. The molecule has 2 N–H and O–H groups in total. The number of piperidine rings is 1. The number of carbonyl (C=O) groups is 3. The number of likely N-dealkylation sites (tertiary alicyclic amines) is 1. The van der Waals surface area contributed by atoms with E-state index in [0.29, 0.717) is 12.2 Å². The van der Waals surface area contributed by atoms with E-state index >= 15 is 0 Å². The van der Waals surface area contributed by atoms with E-state index in [1.54, 1.807) is 23.9 Å². The van der Waals surface area contributed by atoms with Gasteiger partial charge in [-0.2, -0.15) is 5.10 Å². The minimum atomic E-state index is -1.28. The molecule has 0 bridgehead atoms. The third-order valence-electron chi connectivity index (χ3n) is 5.41. The van der Waals surface area contributed by atoms with E-state index in [-0.39, 0.29) is 32.0 Å². The molecule has 2 unspecified atom stereocenters. The lowest BCUT2D eigenvalue weighted by Crippen LogP contribution is -2.49. The van der Waals surface area contributed by atoms with Crippen molar-refractivity contribution in [2.45, 2.75) is 24.9 Å². The molecule has 9 nitrogen and oxygen atoms in total. The van der Waals surface area contributed by atoms with Crippen LogP contribution in [0.2, 0.25) is 0 Å². The van der Waals surface area contributed by atoms with Crippen molar-refractivity contribution in [2.75, 3.05) is 24.5 Å². The topological polar surface area (TPSA) is 108 Å². The van der Waals surface area contributed by atoms with Gasteiger partial charge in [-0.15, -0.1) is 0 Å². The molecule has 2 fully saturated rings. The molecule has 1 aromatic carbocycles. The molecule has 0 aliphatic carbocycles. The zero-order valence-corrected chi connectivity index (χ0v) is 15.3. The Morgan fingerprint density at radius 1 is 1.32 bits per heavy atom. The van der Waals surface area contributed by atoms with Gasteiger partial charge < -0.3 is 10.0 Å². The van der Waals surface area contributed by atoms with E-state index in [1.165, 1.54) is 4.90 Å². The zero-order valence-electron chi connectivity index (χ0n) is 15.3. The second-order valence-corrected chi connectivity index (χ2v) is 7.12. The summed E-state index contributed by atoms with van der Waals surface area (Å²) in [7, 11) is 1.74. The van der Waals surface area contributed by atoms with Crippen LogP contribution in [0.25, 0.3) is 10.9 Å². The minimum absolute atomic E-state index is 0.142. The maximum atomic E-state index is 14.6. The first-order valence-corrected chi connectivity index (χ1v) is 9.05. The van der Waals surface area contributed by atoms with Gasteiger partial charge in [0.15, 0.2) is 5.82 Å². The number of hydrogen-bond donors (Lipinski definition) is 2. The van der Waals surface area contributed by atoms with Gasteiger partial charge in [-0.3, -0.25) is 19.7 Å². The van der Waals surface area contributed by atoms with Gasteiger partial charge in [-0.1, -0.05) is 6.07 Å². The average molecular weight is 389 g/mol. The van der Waals surface area contributed by atoms with Crippen molar-refractivity contribution in [2.24, 2.45) is 7.05 Å². The summed E-state index contributed by atoms with van der Waals surface area (Å²) in [6, 6.07) is 4.93. The Morgan fingerprint density at radius 3 is 2.79 bits per heavy atom. The summed E-state index contributed by atoms with van der Waals surface area (Å²) in [5, 5.41) is 16.5. The number of nitrogens with one attached hydrogen (secondary N) is 1. The number of aromatic nitrogens is 2.